The van der Waals surface area contributed by atoms with Crippen LogP contribution in [0.25, 0.3) is 0 Å². The standard InChI is InChI=1S/C76H104O8/c77-65-41-67(79)59-37-57(65)73(53-29-21-49(22-30-53)45-13-5-1-6-14-45)58-38-60(68(80)42-66(58)78)75(55-33-25-51(26-34-55)47-17-9-3-10-18-47)62-40-64(72(84)44-70(62)82)76(56-35-27-52(28-36-56)48-19-11-4-12-20-48)63-39-61(69(81)43-71(63)83)74(59)54-31-23-50(24-32-54)46-15-7-2-8-16-46/h37-56,73-84H,1-36H2. The number of hydrogen-bond donors (Lipinski definition) is 8. The first-order chi connectivity index (χ1) is 40.9. The summed E-state index contributed by atoms with van der Waals surface area (Å²) in [5.41, 5.74) is 5.18. The second-order valence-corrected chi connectivity index (χ2v) is 30.1. The highest BCUT2D eigenvalue weighted by Gasteiger charge is 2.44. The van der Waals surface area contributed by atoms with Crippen molar-refractivity contribution in [3.8, 4) is 46.0 Å². The first kappa shape index (κ1) is 58.3. The number of hydrogen-bond acceptors (Lipinski definition) is 8. The minimum atomic E-state index is -0.504. The van der Waals surface area contributed by atoms with Crippen molar-refractivity contribution in [3.63, 3.8) is 0 Å². The summed E-state index contributed by atoms with van der Waals surface area (Å²) in [5.74, 6) is 3.34. The molecule has 0 heterocycles. The molecule has 456 valence electrons. The van der Waals surface area contributed by atoms with Crippen LogP contribution in [-0.2, 0) is 0 Å². The summed E-state index contributed by atoms with van der Waals surface area (Å²) in [4.78, 5) is 0. The zero-order valence-corrected chi connectivity index (χ0v) is 50.9. The van der Waals surface area contributed by atoms with Gasteiger partial charge in [-0.3, -0.25) is 0 Å². The number of fused-ring (bicyclic) bond motifs is 8. The van der Waals surface area contributed by atoms with Gasteiger partial charge in [0.15, 0.2) is 0 Å². The Kier molecular flexibility index (Phi) is 17.7. The predicted octanol–water partition coefficient (Wildman–Crippen LogP) is 19.7. The van der Waals surface area contributed by atoms with Crippen molar-refractivity contribution < 1.29 is 40.9 Å². The maximum absolute atomic E-state index is 12.7. The zero-order chi connectivity index (χ0) is 57.6. The van der Waals surface area contributed by atoms with E-state index in [4.69, 9.17) is 0 Å². The predicted molar refractivity (Wildman–Crippen MR) is 335 cm³/mol. The van der Waals surface area contributed by atoms with Crippen molar-refractivity contribution in [2.24, 2.45) is 71.0 Å². The van der Waals surface area contributed by atoms with E-state index in [-0.39, 0.29) is 69.7 Å². The molecule has 0 radical (unpaired) electrons. The van der Waals surface area contributed by atoms with Gasteiger partial charge in [0.1, 0.15) is 46.0 Å². The lowest BCUT2D eigenvalue weighted by Crippen LogP contribution is -2.29. The Morgan fingerprint density at radius 3 is 0.440 bits per heavy atom. The molecule has 4 aromatic rings. The smallest absolute Gasteiger partial charge is 0.123 e. The summed E-state index contributed by atoms with van der Waals surface area (Å²) in [6.45, 7) is 0. The number of aromatic hydroxyl groups is 8. The summed E-state index contributed by atoms with van der Waals surface area (Å²) in [6.07, 6.45) is 41.8. The van der Waals surface area contributed by atoms with E-state index >= 15 is 0 Å². The minimum Gasteiger partial charge on any atom is -0.508 e. The molecule has 13 rings (SSSR count). The molecule has 8 heteroatoms. The van der Waals surface area contributed by atoms with Crippen molar-refractivity contribution in [3.05, 3.63) is 93.0 Å². The number of rotatable bonds is 8. The van der Waals surface area contributed by atoms with E-state index in [1.165, 1.54) is 153 Å². The third kappa shape index (κ3) is 11.8. The van der Waals surface area contributed by atoms with Gasteiger partial charge in [0.05, 0.1) is 0 Å². The first-order valence-electron chi connectivity index (χ1n) is 35.2. The highest BCUT2D eigenvalue weighted by atomic mass is 16.3. The van der Waals surface area contributed by atoms with E-state index in [0.717, 1.165) is 126 Å². The Labute approximate surface area is 503 Å². The van der Waals surface area contributed by atoms with Crippen LogP contribution in [0.15, 0.2) is 48.5 Å². The first-order valence-corrected chi connectivity index (χ1v) is 35.2. The summed E-state index contributed by atoms with van der Waals surface area (Å²) in [7, 11) is 0. The molecule has 4 aromatic carbocycles. The fraction of sp³-hybridized carbons (Fsp3) is 0.684. The van der Waals surface area contributed by atoms with Crippen molar-refractivity contribution in [2.45, 2.75) is 255 Å². The molecular weight excluding hydrogens is 1040 g/mol. The van der Waals surface area contributed by atoms with Crippen LogP contribution in [0.5, 0.6) is 46.0 Å². The van der Waals surface area contributed by atoms with Crippen molar-refractivity contribution in [2.75, 3.05) is 0 Å². The molecule has 0 saturated heterocycles. The Balaban J connectivity index is 1.00. The van der Waals surface area contributed by atoms with Crippen LogP contribution in [0.2, 0.25) is 0 Å². The molecule has 8 nitrogen and oxygen atoms in total. The van der Waals surface area contributed by atoms with E-state index in [1.807, 2.05) is 24.3 Å². The topological polar surface area (TPSA) is 162 Å². The summed E-state index contributed by atoms with van der Waals surface area (Å²) >= 11 is 0. The average Bonchev–Trinajstić information content (AvgIpc) is 2.11. The lowest BCUT2D eigenvalue weighted by molar-refractivity contribution is 0.158. The maximum Gasteiger partial charge on any atom is 0.123 e. The Hall–Kier alpha value is -4.72. The van der Waals surface area contributed by atoms with Gasteiger partial charge in [-0.15, -0.1) is 0 Å². The van der Waals surface area contributed by atoms with Crippen LogP contribution >= 0.6 is 0 Å². The zero-order valence-electron chi connectivity index (χ0n) is 50.9. The molecule has 0 amide bonds. The molecule has 8 bridgehead atoms. The number of benzene rings is 4. The minimum absolute atomic E-state index is 0.0246. The summed E-state index contributed by atoms with van der Waals surface area (Å²) in [6, 6.07) is 14.3. The molecule has 9 aliphatic carbocycles. The molecular formula is C76H104O8. The molecule has 0 atom stereocenters. The van der Waals surface area contributed by atoms with E-state index in [1.54, 1.807) is 0 Å². The quantitative estimate of drug-likeness (QED) is 0.0865. The van der Waals surface area contributed by atoms with Crippen molar-refractivity contribution >= 4 is 0 Å². The third-order valence-corrected chi connectivity index (χ3v) is 25.8. The molecule has 0 spiro atoms. The van der Waals surface area contributed by atoms with E-state index in [9.17, 15) is 40.9 Å². The summed E-state index contributed by atoms with van der Waals surface area (Å²) in [5, 5.41) is 101. The van der Waals surface area contributed by atoms with Crippen LogP contribution in [0.3, 0.4) is 0 Å². The third-order valence-electron chi connectivity index (χ3n) is 25.8. The van der Waals surface area contributed by atoms with E-state index < -0.39 is 23.7 Å². The molecule has 8 fully saturated rings. The lowest BCUT2D eigenvalue weighted by atomic mass is 9.63. The van der Waals surface area contributed by atoms with Crippen LogP contribution in [0.4, 0.5) is 0 Å². The normalized spacial score (nSPS) is 32.7. The van der Waals surface area contributed by atoms with Crippen LogP contribution in [0.1, 0.15) is 299 Å². The van der Waals surface area contributed by atoms with Gasteiger partial charge in [-0.1, -0.05) is 128 Å². The van der Waals surface area contributed by atoms with Gasteiger partial charge < -0.3 is 40.9 Å². The molecule has 0 aromatic heterocycles. The van der Waals surface area contributed by atoms with Crippen LogP contribution < -0.4 is 0 Å². The molecule has 9 aliphatic rings. The van der Waals surface area contributed by atoms with Gasteiger partial charge in [0.2, 0.25) is 0 Å². The fourth-order valence-corrected chi connectivity index (χ4v) is 21.4. The summed E-state index contributed by atoms with van der Waals surface area (Å²) < 4.78 is 0. The number of phenols is 8. The Morgan fingerprint density at radius 1 is 0.155 bits per heavy atom. The maximum atomic E-state index is 12.7. The monoisotopic (exact) mass is 1140 g/mol. The molecule has 84 heavy (non-hydrogen) atoms. The number of phenolic OH excluding ortho intramolecular Hbond substituents is 8. The highest BCUT2D eigenvalue weighted by molar-refractivity contribution is 5.63. The lowest BCUT2D eigenvalue weighted by Gasteiger charge is -2.41. The second-order valence-electron chi connectivity index (χ2n) is 30.1. The Bertz CT molecular complexity index is 2380. The van der Waals surface area contributed by atoms with Gasteiger partial charge in [-0.2, -0.15) is 0 Å². The van der Waals surface area contributed by atoms with Gasteiger partial charge in [-0.05, 0) is 198 Å². The highest BCUT2D eigenvalue weighted by Crippen LogP contribution is 2.60. The van der Waals surface area contributed by atoms with Crippen LogP contribution in [-0.4, -0.2) is 40.9 Å². The van der Waals surface area contributed by atoms with Gasteiger partial charge >= 0.3 is 0 Å². The average molecular weight is 1150 g/mol. The molecule has 0 aliphatic heterocycles. The van der Waals surface area contributed by atoms with E-state index in [2.05, 4.69) is 0 Å². The van der Waals surface area contributed by atoms with Crippen molar-refractivity contribution in [1.29, 1.82) is 0 Å². The Morgan fingerprint density at radius 2 is 0.286 bits per heavy atom. The van der Waals surface area contributed by atoms with E-state index in [0.29, 0.717) is 68.2 Å². The van der Waals surface area contributed by atoms with Gasteiger partial charge in [0, 0.05) is 92.4 Å². The molecule has 0 unspecified atom stereocenters. The van der Waals surface area contributed by atoms with Crippen molar-refractivity contribution in [1.82, 2.24) is 0 Å². The van der Waals surface area contributed by atoms with Gasteiger partial charge in [0.25, 0.3) is 0 Å². The molecule has 8 N–H and O–H groups in total. The SMILES string of the molecule is Oc1cc(O)c2cc1C(C1CCC(C3CCCCC3)CC1)c1cc(c(O)cc1O)C(C1CCC(C3CCCCC3)CC1)c1cc(c(O)cc1O)C(C1CCC(C3CCCCC3)CC1)c1cc(c(O)cc1O)C2C1CCC(C2CCCCC2)CC1. The largest absolute Gasteiger partial charge is 0.508 e. The van der Waals surface area contributed by atoms with Crippen LogP contribution in [0, 0.1) is 71.0 Å². The van der Waals surface area contributed by atoms with Gasteiger partial charge in [-0.25, -0.2) is 0 Å². The fourth-order valence-electron chi connectivity index (χ4n) is 21.4. The molecule has 8 saturated carbocycles. The second kappa shape index (κ2) is 25.5.